The molecular weight excluding hydrogens is 290 g/mol. The number of hydrogen-bond donors (Lipinski definition) is 1. The molecule has 0 radical (unpaired) electrons. The highest BCUT2D eigenvalue weighted by atomic mass is 79.9. The number of aromatic nitrogens is 1. The molecule has 1 aromatic heterocycles. The average Bonchev–Trinajstić information content (AvgIpc) is 2.28. The summed E-state index contributed by atoms with van der Waals surface area (Å²) < 4.78 is 5.53. The molecule has 0 bridgehead atoms. The van der Waals surface area contributed by atoms with Crippen molar-refractivity contribution in [1.82, 2.24) is 4.98 Å². The van der Waals surface area contributed by atoms with Crippen molar-refractivity contribution in [3.63, 3.8) is 0 Å². The second kappa shape index (κ2) is 6.51. The number of methoxy groups -OCH3 is 1. The lowest BCUT2D eigenvalue weighted by Gasteiger charge is -2.13. The van der Waals surface area contributed by atoms with Crippen LogP contribution < -0.4 is 5.32 Å². The molecule has 0 spiro atoms. The molecule has 0 aliphatic rings. The van der Waals surface area contributed by atoms with Crippen molar-refractivity contribution in [2.24, 2.45) is 0 Å². The van der Waals surface area contributed by atoms with E-state index in [0.717, 1.165) is 6.42 Å². The molecular formula is C10H14BrN3O3. The zero-order valence-corrected chi connectivity index (χ0v) is 11.2. The highest BCUT2D eigenvalue weighted by Gasteiger charge is 2.17. The van der Waals surface area contributed by atoms with Crippen LogP contribution in [-0.4, -0.2) is 29.7 Å². The lowest BCUT2D eigenvalue weighted by atomic mass is 10.2. The van der Waals surface area contributed by atoms with Gasteiger partial charge in [-0.15, -0.1) is 0 Å². The van der Waals surface area contributed by atoms with Gasteiger partial charge >= 0.3 is 5.69 Å². The number of hydrogen-bond acceptors (Lipinski definition) is 5. The molecule has 0 aliphatic heterocycles. The number of rotatable bonds is 6. The number of pyridine rings is 1. The van der Waals surface area contributed by atoms with E-state index in [0.29, 0.717) is 11.1 Å². The number of anilines is 1. The van der Waals surface area contributed by atoms with Crippen molar-refractivity contribution in [1.29, 1.82) is 0 Å². The van der Waals surface area contributed by atoms with Gasteiger partial charge in [-0.3, -0.25) is 10.1 Å². The van der Waals surface area contributed by atoms with Crippen LogP contribution in [0.15, 0.2) is 16.7 Å². The van der Waals surface area contributed by atoms with Gasteiger partial charge in [0.05, 0.1) is 4.92 Å². The topological polar surface area (TPSA) is 77.3 Å². The molecule has 0 fully saturated rings. The maximum Gasteiger partial charge on any atom is 0.312 e. The maximum atomic E-state index is 10.8. The van der Waals surface area contributed by atoms with Crippen molar-refractivity contribution < 1.29 is 9.66 Å². The minimum Gasteiger partial charge on any atom is -0.385 e. The molecule has 1 atom stereocenters. The first kappa shape index (κ1) is 13.9. The minimum absolute atomic E-state index is 0.0383. The van der Waals surface area contributed by atoms with Gasteiger partial charge in [-0.2, -0.15) is 0 Å². The van der Waals surface area contributed by atoms with Crippen LogP contribution in [0.25, 0.3) is 0 Å². The predicted molar refractivity (Wildman–Crippen MR) is 68.2 cm³/mol. The van der Waals surface area contributed by atoms with E-state index in [1.807, 2.05) is 6.92 Å². The van der Waals surface area contributed by atoms with E-state index in [1.54, 1.807) is 7.11 Å². The van der Waals surface area contributed by atoms with Crippen LogP contribution in [0.2, 0.25) is 0 Å². The summed E-state index contributed by atoms with van der Waals surface area (Å²) in [5.74, 6) is 0.279. The van der Waals surface area contributed by atoms with Crippen LogP contribution in [0.4, 0.5) is 11.5 Å². The van der Waals surface area contributed by atoms with Crippen LogP contribution >= 0.6 is 15.9 Å². The summed E-state index contributed by atoms with van der Waals surface area (Å²) in [5.41, 5.74) is -0.0383. The van der Waals surface area contributed by atoms with Crippen LogP contribution in [0.1, 0.15) is 13.3 Å². The Morgan fingerprint density at radius 2 is 2.41 bits per heavy atom. The van der Waals surface area contributed by atoms with E-state index < -0.39 is 4.92 Å². The van der Waals surface area contributed by atoms with Gasteiger partial charge in [0.2, 0.25) is 5.82 Å². The number of nitrogens with one attached hydrogen (secondary N) is 1. The maximum absolute atomic E-state index is 10.8. The van der Waals surface area contributed by atoms with E-state index in [-0.39, 0.29) is 17.5 Å². The third-order valence-electron chi connectivity index (χ3n) is 2.17. The zero-order valence-electron chi connectivity index (χ0n) is 9.64. The predicted octanol–water partition coefficient (Wildman–Crippen LogP) is 2.59. The van der Waals surface area contributed by atoms with Crippen molar-refractivity contribution in [3.05, 3.63) is 26.9 Å². The van der Waals surface area contributed by atoms with Gasteiger partial charge in [-0.1, -0.05) is 0 Å². The molecule has 6 nitrogen and oxygen atoms in total. The van der Waals surface area contributed by atoms with E-state index >= 15 is 0 Å². The minimum atomic E-state index is -0.455. The summed E-state index contributed by atoms with van der Waals surface area (Å²) in [5, 5.41) is 13.8. The molecule has 17 heavy (non-hydrogen) atoms. The summed E-state index contributed by atoms with van der Waals surface area (Å²) in [6, 6.07) is 1.49. The number of ether oxygens (including phenoxy) is 1. The first-order valence-corrected chi connectivity index (χ1v) is 5.89. The van der Waals surface area contributed by atoms with Crippen molar-refractivity contribution >= 4 is 27.4 Å². The molecule has 1 aromatic rings. The monoisotopic (exact) mass is 303 g/mol. The van der Waals surface area contributed by atoms with Gasteiger partial charge in [-0.05, 0) is 29.3 Å². The van der Waals surface area contributed by atoms with Gasteiger partial charge < -0.3 is 10.1 Å². The summed E-state index contributed by atoms with van der Waals surface area (Å²) in [6.45, 7) is 2.52. The third-order valence-corrected chi connectivity index (χ3v) is 2.60. The molecule has 0 saturated heterocycles. The average molecular weight is 304 g/mol. The number of nitrogens with zero attached hydrogens (tertiary/aromatic N) is 2. The van der Waals surface area contributed by atoms with Crippen LogP contribution in [0.5, 0.6) is 0 Å². The SMILES string of the molecule is COCCC(C)Nc1ncc(Br)cc1[N+](=O)[O-]. The van der Waals surface area contributed by atoms with Gasteiger partial charge in [0.15, 0.2) is 0 Å². The quantitative estimate of drug-likeness (QED) is 0.645. The summed E-state index contributed by atoms with van der Waals surface area (Å²) in [7, 11) is 1.62. The van der Waals surface area contributed by atoms with Crippen LogP contribution in [0, 0.1) is 10.1 Å². The molecule has 1 unspecified atom stereocenters. The Kier molecular flexibility index (Phi) is 5.30. The van der Waals surface area contributed by atoms with E-state index in [9.17, 15) is 10.1 Å². The second-order valence-electron chi connectivity index (χ2n) is 3.61. The molecule has 0 amide bonds. The molecule has 94 valence electrons. The Morgan fingerprint density at radius 1 is 1.71 bits per heavy atom. The second-order valence-corrected chi connectivity index (χ2v) is 4.52. The van der Waals surface area contributed by atoms with Gasteiger partial charge in [0.1, 0.15) is 0 Å². The first-order chi connectivity index (χ1) is 8.04. The highest BCUT2D eigenvalue weighted by molar-refractivity contribution is 9.10. The Morgan fingerprint density at radius 3 is 3.00 bits per heavy atom. The standard InChI is InChI=1S/C10H14BrN3O3/c1-7(3-4-17-2)13-10-9(14(15)16)5-8(11)6-12-10/h5-7H,3-4H2,1-2H3,(H,12,13). The van der Waals surface area contributed by atoms with Crippen molar-refractivity contribution in [3.8, 4) is 0 Å². The van der Waals surface area contributed by atoms with Crippen LogP contribution in [0.3, 0.4) is 0 Å². The molecule has 1 rings (SSSR count). The smallest absolute Gasteiger partial charge is 0.312 e. The molecule has 1 N–H and O–H groups in total. The van der Waals surface area contributed by atoms with E-state index in [1.165, 1.54) is 12.3 Å². The molecule has 1 heterocycles. The fraction of sp³-hybridized carbons (Fsp3) is 0.500. The lowest BCUT2D eigenvalue weighted by Crippen LogP contribution is -2.18. The summed E-state index contributed by atoms with van der Waals surface area (Å²) in [4.78, 5) is 14.4. The summed E-state index contributed by atoms with van der Waals surface area (Å²) >= 11 is 3.16. The van der Waals surface area contributed by atoms with Crippen LogP contribution in [-0.2, 0) is 4.74 Å². The largest absolute Gasteiger partial charge is 0.385 e. The van der Waals surface area contributed by atoms with E-state index in [2.05, 4.69) is 26.2 Å². The Hall–Kier alpha value is -1.21. The van der Waals surface area contributed by atoms with Gasteiger partial charge in [0, 0.05) is 36.5 Å². The van der Waals surface area contributed by atoms with Crippen molar-refractivity contribution in [2.45, 2.75) is 19.4 Å². The molecule has 0 aromatic carbocycles. The fourth-order valence-corrected chi connectivity index (χ4v) is 1.60. The Labute approximate surface area is 108 Å². The van der Waals surface area contributed by atoms with Crippen molar-refractivity contribution in [2.75, 3.05) is 19.0 Å². The van der Waals surface area contributed by atoms with Gasteiger partial charge in [-0.25, -0.2) is 4.98 Å². The molecule has 0 aliphatic carbocycles. The number of nitro groups is 1. The Bertz CT molecular complexity index is 400. The number of halogens is 1. The first-order valence-electron chi connectivity index (χ1n) is 5.10. The van der Waals surface area contributed by atoms with E-state index in [4.69, 9.17) is 4.74 Å². The molecule has 0 saturated carbocycles. The molecule has 7 heteroatoms. The summed E-state index contributed by atoms with van der Waals surface area (Å²) in [6.07, 6.45) is 2.28. The zero-order chi connectivity index (χ0) is 12.8. The lowest BCUT2D eigenvalue weighted by molar-refractivity contribution is -0.384. The normalized spacial score (nSPS) is 12.2. The highest BCUT2D eigenvalue weighted by Crippen LogP contribution is 2.25. The third kappa shape index (κ3) is 4.27. The van der Waals surface area contributed by atoms with Gasteiger partial charge in [0.25, 0.3) is 0 Å². The Balaban J connectivity index is 2.79. The fourth-order valence-electron chi connectivity index (χ4n) is 1.28.